The summed E-state index contributed by atoms with van der Waals surface area (Å²) >= 11 is 0. The molecular formula is C20H20FN2O2+. The zero-order chi connectivity index (χ0) is 18.1. The molecule has 0 aliphatic carbocycles. The van der Waals surface area contributed by atoms with Crippen molar-refractivity contribution >= 4 is 0 Å². The summed E-state index contributed by atoms with van der Waals surface area (Å²) in [6, 6.07) is 13.7. The molecular weight excluding hydrogens is 319 g/mol. The fourth-order valence-electron chi connectivity index (χ4n) is 3.09. The van der Waals surface area contributed by atoms with Crippen LogP contribution in [-0.2, 0) is 6.42 Å². The van der Waals surface area contributed by atoms with E-state index in [-0.39, 0.29) is 5.82 Å². The summed E-state index contributed by atoms with van der Waals surface area (Å²) in [5.74, 6) is -0.329. The quantitative estimate of drug-likeness (QED) is 0.571. The summed E-state index contributed by atoms with van der Waals surface area (Å²) in [5.41, 5.74) is 3.38. The van der Waals surface area contributed by atoms with Crippen LogP contribution in [0.1, 0.15) is 23.9 Å². The zero-order valence-electron chi connectivity index (χ0n) is 14.5. The third-order valence-corrected chi connectivity index (χ3v) is 4.41. The van der Waals surface area contributed by atoms with Crippen molar-refractivity contribution in [2.45, 2.75) is 27.2 Å². The molecule has 25 heavy (non-hydrogen) atoms. The van der Waals surface area contributed by atoms with Crippen molar-refractivity contribution in [3.63, 3.8) is 0 Å². The number of benzene rings is 2. The molecule has 0 aliphatic heterocycles. The van der Waals surface area contributed by atoms with Crippen LogP contribution >= 0.6 is 0 Å². The van der Waals surface area contributed by atoms with E-state index in [1.807, 2.05) is 37.3 Å². The number of nitrogens with zero attached hydrogens (tertiary/aromatic N) is 2. The summed E-state index contributed by atoms with van der Waals surface area (Å²) in [7, 11) is 0. The molecule has 0 aliphatic rings. The second-order valence-corrected chi connectivity index (χ2v) is 6.02. The van der Waals surface area contributed by atoms with Crippen molar-refractivity contribution in [1.82, 2.24) is 4.73 Å². The summed E-state index contributed by atoms with van der Waals surface area (Å²) in [5, 5.41) is 10.6. The molecule has 0 amide bonds. The maximum absolute atomic E-state index is 13.6. The van der Waals surface area contributed by atoms with E-state index >= 15 is 0 Å². The Morgan fingerprint density at radius 2 is 1.72 bits per heavy atom. The highest BCUT2D eigenvalue weighted by Gasteiger charge is 2.29. The van der Waals surface area contributed by atoms with Crippen LogP contribution < -0.4 is 4.43 Å². The van der Waals surface area contributed by atoms with Crippen LogP contribution in [0.3, 0.4) is 0 Å². The van der Waals surface area contributed by atoms with Crippen molar-refractivity contribution < 1.29 is 14.0 Å². The Bertz CT molecular complexity index is 995. The van der Waals surface area contributed by atoms with Gasteiger partial charge in [-0.25, -0.2) is 4.39 Å². The lowest BCUT2D eigenvalue weighted by Crippen LogP contribution is -2.29. The maximum Gasteiger partial charge on any atom is 0.293 e. The Kier molecular flexibility index (Phi) is 4.40. The van der Waals surface area contributed by atoms with E-state index < -0.39 is 0 Å². The van der Waals surface area contributed by atoms with E-state index in [2.05, 4.69) is 0 Å². The predicted octanol–water partition coefficient (Wildman–Crippen LogP) is 4.29. The van der Waals surface area contributed by atoms with E-state index in [1.54, 1.807) is 26.0 Å². The minimum Gasteiger partial charge on any atom is -0.428 e. The third-order valence-electron chi connectivity index (χ3n) is 4.41. The highest BCUT2D eigenvalue weighted by Crippen LogP contribution is 2.27. The molecule has 2 aromatic carbocycles. The minimum absolute atomic E-state index is 0.307. The van der Waals surface area contributed by atoms with Crippen LogP contribution in [-0.4, -0.2) is 9.94 Å². The first-order valence-electron chi connectivity index (χ1n) is 8.18. The van der Waals surface area contributed by atoms with Crippen molar-refractivity contribution in [2.75, 3.05) is 0 Å². The van der Waals surface area contributed by atoms with Gasteiger partial charge in [0.2, 0.25) is 0 Å². The maximum atomic E-state index is 13.6. The molecule has 0 saturated heterocycles. The monoisotopic (exact) mass is 339 g/mol. The zero-order valence-corrected chi connectivity index (χ0v) is 14.5. The average molecular weight is 339 g/mol. The van der Waals surface area contributed by atoms with Gasteiger partial charge in [0.25, 0.3) is 11.4 Å². The molecule has 3 aromatic rings. The molecule has 4 nitrogen and oxygen atoms in total. The second kappa shape index (κ2) is 6.51. The first-order valence-corrected chi connectivity index (χ1v) is 8.18. The average Bonchev–Trinajstić information content (AvgIpc) is 2.61. The summed E-state index contributed by atoms with van der Waals surface area (Å²) < 4.78 is 15.5. The number of hydrogen-bond acceptors (Lipinski definition) is 2. The molecule has 0 fully saturated rings. The summed E-state index contributed by atoms with van der Waals surface area (Å²) in [6.45, 7) is 5.21. The topological polar surface area (TPSA) is 48.1 Å². The van der Waals surface area contributed by atoms with Gasteiger partial charge in [-0.1, -0.05) is 25.1 Å². The van der Waals surface area contributed by atoms with E-state index in [1.165, 1.54) is 6.07 Å². The number of aromatic nitrogens is 2. The third kappa shape index (κ3) is 2.82. The molecule has 128 valence electrons. The Morgan fingerprint density at radius 1 is 1.04 bits per heavy atom. The van der Waals surface area contributed by atoms with Crippen LogP contribution in [0.4, 0.5) is 4.39 Å². The van der Waals surface area contributed by atoms with Gasteiger partial charge in [0.15, 0.2) is 0 Å². The van der Waals surface area contributed by atoms with Gasteiger partial charge >= 0.3 is 0 Å². The van der Waals surface area contributed by atoms with E-state index in [0.29, 0.717) is 40.3 Å². The van der Waals surface area contributed by atoms with Gasteiger partial charge in [-0.3, -0.25) is 0 Å². The van der Waals surface area contributed by atoms with Gasteiger partial charge in [-0.2, -0.15) is 4.73 Å². The van der Waals surface area contributed by atoms with Crippen molar-refractivity contribution in [2.24, 2.45) is 0 Å². The van der Waals surface area contributed by atoms with Gasteiger partial charge in [0.05, 0.1) is 15.6 Å². The molecule has 0 atom stereocenters. The van der Waals surface area contributed by atoms with E-state index in [0.717, 1.165) is 14.7 Å². The normalized spacial score (nSPS) is 10.9. The second-order valence-electron chi connectivity index (χ2n) is 6.02. The first-order chi connectivity index (χ1) is 12.0. The summed E-state index contributed by atoms with van der Waals surface area (Å²) in [6.07, 6.45) is 0.493. The van der Waals surface area contributed by atoms with Crippen LogP contribution in [0.15, 0.2) is 48.5 Å². The SMILES string of the molecule is CCc1c(-c2ccccc2)[n+](=O)c(-c2ccc(F)c(C)c2)c(C)n1O. The van der Waals surface area contributed by atoms with Crippen molar-refractivity contribution in [3.8, 4) is 22.5 Å². The van der Waals surface area contributed by atoms with Gasteiger partial charge < -0.3 is 5.21 Å². The number of aryl methyl sites for hydroxylation is 1. The molecule has 0 spiro atoms. The lowest BCUT2D eigenvalue weighted by molar-refractivity contribution is -0.472. The molecule has 1 aromatic heterocycles. The highest BCUT2D eigenvalue weighted by atomic mass is 19.1. The fourth-order valence-corrected chi connectivity index (χ4v) is 3.09. The van der Waals surface area contributed by atoms with Crippen LogP contribution in [0.25, 0.3) is 22.5 Å². The molecule has 0 saturated carbocycles. The molecule has 3 rings (SSSR count). The van der Waals surface area contributed by atoms with Gasteiger partial charge in [-0.05, 0) is 56.2 Å². The molecule has 5 heteroatoms. The number of rotatable bonds is 3. The van der Waals surface area contributed by atoms with E-state index in [4.69, 9.17) is 0 Å². The smallest absolute Gasteiger partial charge is 0.293 e. The van der Waals surface area contributed by atoms with Crippen molar-refractivity contribution in [3.05, 3.63) is 76.2 Å². The minimum atomic E-state index is -0.329. The standard InChI is InChI=1S/C20H20FN2O2/c1-4-18-20(15-8-6-5-7-9-15)23(25)19(14(3)22(18)24)16-10-11-17(21)13(2)12-16/h5-12,24H,4H2,1-3H3/q+1. The lowest BCUT2D eigenvalue weighted by Gasteiger charge is -2.11. The summed E-state index contributed by atoms with van der Waals surface area (Å²) in [4.78, 5) is 13.2. The van der Waals surface area contributed by atoms with Crippen LogP contribution in [0.5, 0.6) is 0 Å². The molecule has 0 unspecified atom stereocenters. The lowest BCUT2D eigenvalue weighted by atomic mass is 10.0. The largest absolute Gasteiger partial charge is 0.428 e. The Morgan fingerprint density at radius 3 is 2.32 bits per heavy atom. The Balaban J connectivity index is 2.40. The number of hydrogen-bond donors (Lipinski definition) is 1. The molecule has 1 N–H and O–H groups in total. The number of halogens is 1. The van der Waals surface area contributed by atoms with Gasteiger partial charge in [-0.15, -0.1) is 0 Å². The Labute approximate surface area is 145 Å². The fraction of sp³-hybridized carbons (Fsp3) is 0.200. The van der Waals surface area contributed by atoms with Gasteiger partial charge in [0.1, 0.15) is 17.2 Å². The highest BCUT2D eigenvalue weighted by molar-refractivity contribution is 5.64. The molecule has 1 heterocycles. The predicted molar refractivity (Wildman–Crippen MR) is 94.7 cm³/mol. The van der Waals surface area contributed by atoms with E-state index in [9.17, 15) is 14.5 Å². The van der Waals surface area contributed by atoms with Crippen LogP contribution in [0.2, 0.25) is 0 Å². The van der Waals surface area contributed by atoms with Gasteiger partial charge in [0, 0.05) is 4.91 Å². The molecule has 0 bridgehead atoms. The first kappa shape index (κ1) is 16.9. The van der Waals surface area contributed by atoms with Crippen molar-refractivity contribution in [1.29, 1.82) is 0 Å². The molecule has 0 radical (unpaired) electrons. The Hall–Kier alpha value is -2.95. The van der Waals surface area contributed by atoms with Crippen LogP contribution in [0, 0.1) is 24.6 Å².